The number of nitrogens with zero attached hydrogens (tertiary/aromatic N) is 2. The van der Waals surface area contributed by atoms with E-state index in [0.29, 0.717) is 33.3 Å². The molecule has 234 valence electrons. The lowest BCUT2D eigenvalue weighted by atomic mass is 9.98. The molecule has 0 unspecified atom stereocenters. The van der Waals surface area contributed by atoms with E-state index >= 15 is 0 Å². The summed E-state index contributed by atoms with van der Waals surface area (Å²) in [5.41, 5.74) is 1.50. The molecule has 50 heavy (non-hydrogen) atoms. The van der Waals surface area contributed by atoms with Gasteiger partial charge in [-0.05, 0) is 63.7 Å². The second kappa shape index (κ2) is 11.7. The highest BCUT2D eigenvalue weighted by Gasteiger charge is 2.19. The number of hydrogen-bond acceptors (Lipinski definition) is 4. The van der Waals surface area contributed by atoms with Crippen molar-refractivity contribution in [3.05, 3.63) is 170 Å². The van der Waals surface area contributed by atoms with E-state index in [1.54, 1.807) is 23.5 Å². The van der Waals surface area contributed by atoms with Crippen molar-refractivity contribution in [2.24, 2.45) is 0 Å². The van der Waals surface area contributed by atoms with Crippen molar-refractivity contribution in [2.45, 2.75) is 0 Å². The summed E-state index contributed by atoms with van der Waals surface area (Å²) in [6.45, 7) is 0. The van der Waals surface area contributed by atoms with E-state index in [1.165, 1.54) is 0 Å². The van der Waals surface area contributed by atoms with Crippen LogP contribution < -0.4 is 0 Å². The SMILES string of the molecule is [2H]c1c([2H])c([2H])c(-c2c([2H])c([2H])c(-c3c([2H])c([2H])c([2H])c(-c4nc(-c5cccc(-c6cccc7c6sc6ccccc67)c5)c5oc6ccccc6c5n4)c3[2H])c([2H])c2[2H])c([2H])c1[2H]. The Labute approximate surface area is 311 Å². The average molecular weight is 670 g/mol. The molecule has 0 amide bonds. The average Bonchev–Trinajstić information content (AvgIpc) is 3.87. The van der Waals surface area contributed by atoms with Crippen molar-refractivity contribution in [3.63, 3.8) is 0 Å². The normalized spacial score (nSPS) is 15.2. The predicted octanol–water partition coefficient (Wildman–Crippen LogP) is 13.1. The second-order valence-corrected chi connectivity index (χ2v) is 12.6. The maximum atomic E-state index is 9.53. The third kappa shape index (κ3) is 4.80. The summed E-state index contributed by atoms with van der Waals surface area (Å²) in [5.74, 6) is -0.184. The Kier molecular flexibility index (Phi) is 4.29. The first-order valence-corrected chi connectivity index (χ1v) is 16.5. The van der Waals surface area contributed by atoms with E-state index in [0.717, 1.165) is 31.3 Å². The first kappa shape index (κ1) is 18.4. The fraction of sp³-hybridized carbons (Fsp3) is 0. The van der Waals surface area contributed by atoms with Gasteiger partial charge in [-0.15, -0.1) is 11.3 Å². The molecule has 0 aliphatic rings. The molecule has 3 nitrogen and oxygen atoms in total. The van der Waals surface area contributed by atoms with Gasteiger partial charge in [0.05, 0.1) is 17.8 Å². The summed E-state index contributed by atoms with van der Waals surface area (Å²) in [6, 6.07) is 19.9. The smallest absolute Gasteiger partial charge is 0.180 e. The predicted molar refractivity (Wildman–Crippen MR) is 209 cm³/mol. The van der Waals surface area contributed by atoms with Gasteiger partial charge in [0.25, 0.3) is 0 Å². The zero-order valence-corrected chi connectivity index (χ0v) is 26.7. The molecule has 0 saturated carbocycles. The lowest BCUT2D eigenvalue weighted by Crippen LogP contribution is -1.94. The molecule has 0 spiro atoms. The van der Waals surface area contributed by atoms with Gasteiger partial charge in [-0.3, -0.25) is 0 Å². The zero-order valence-electron chi connectivity index (χ0n) is 38.9. The van der Waals surface area contributed by atoms with Crippen molar-refractivity contribution >= 4 is 53.6 Å². The molecule has 0 N–H and O–H groups in total. The van der Waals surface area contributed by atoms with Gasteiger partial charge >= 0.3 is 0 Å². The van der Waals surface area contributed by atoms with Gasteiger partial charge in [-0.25, -0.2) is 9.97 Å². The van der Waals surface area contributed by atoms with Crippen molar-refractivity contribution in [3.8, 4) is 56.0 Å². The minimum absolute atomic E-state index is 0.184. The minimum atomic E-state index is -0.789. The van der Waals surface area contributed by atoms with Crippen LogP contribution in [0.4, 0.5) is 0 Å². The van der Waals surface area contributed by atoms with Crippen LogP contribution in [-0.2, 0) is 0 Å². The van der Waals surface area contributed by atoms with E-state index in [2.05, 4.69) is 24.3 Å². The first-order valence-electron chi connectivity index (χ1n) is 22.2. The number of rotatable bonds is 5. The van der Waals surface area contributed by atoms with Gasteiger partial charge in [-0.1, -0.05) is 139 Å². The molecular formula is C46H28N2OS. The Morgan fingerprint density at radius 3 is 2.08 bits per heavy atom. The zero-order chi connectivity index (χ0) is 44.3. The molecule has 0 saturated heterocycles. The Hall–Kier alpha value is -6.36. The highest BCUT2D eigenvalue weighted by molar-refractivity contribution is 7.26. The monoisotopic (exact) mass is 669 g/mol. The summed E-state index contributed by atoms with van der Waals surface area (Å²) in [4.78, 5) is 9.75. The molecule has 0 bridgehead atoms. The van der Waals surface area contributed by atoms with Gasteiger partial charge in [0, 0.05) is 36.7 Å². The third-order valence-corrected chi connectivity index (χ3v) is 9.76. The van der Waals surface area contributed by atoms with Gasteiger partial charge in [-0.2, -0.15) is 0 Å². The van der Waals surface area contributed by atoms with Crippen molar-refractivity contribution < 1.29 is 22.2 Å². The fourth-order valence-corrected chi connectivity index (χ4v) is 7.46. The van der Waals surface area contributed by atoms with Crippen molar-refractivity contribution in [2.75, 3.05) is 0 Å². The minimum Gasteiger partial charge on any atom is -0.452 e. The van der Waals surface area contributed by atoms with Crippen LogP contribution in [0.1, 0.15) is 17.8 Å². The number of hydrogen-bond donors (Lipinski definition) is 0. The van der Waals surface area contributed by atoms with Gasteiger partial charge < -0.3 is 4.42 Å². The molecular weight excluding hydrogens is 629 g/mol. The molecule has 3 heterocycles. The van der Waals surface area contributed by atoms with E-state index < -0.39 is 101 Å². The molecule has 0 radical (unpaired) electrons. The van der Waals surface area contributed by atoms with E-state index in [9.17, 15) is 1.37 Å². The molecule has 10 aromatic rings. The highest BCUT2D eigenvalue weighted by atomic mass is 32.1. The van der Waals surface area contributed by atoms with Crippen LogP contribution in [0, 0.1) is 0 Å². The lowest BCUT2D eigenvalue weighted by molar-refractivity contribution is 0.667. The molecule has 10 rings (SSSR count). The van der Waals surface area contributed by atoms with Gasteiger partial charge in [0.15, 0.2) is 11.4 Å². The van der Waals surface area contributed by atoms with Gasteiger partial charge in [0.2, 0.25) is 0 Å². The lowest BCUT2D eigenvalue weighted by Gasteiger charge is -2.10. The molecule has 0 atom stereocenters. The summed E-state index contributed by atoms with van der Waals surface area (Å²) < 4.78 is 122. The second-order valence-electron chi connectivity index (χ2n) is 11.5. The van der Waals surface area contributed by atoms with Gasteiger partial charge in [0.1, 0.15) is 16.8 Å². The standard InChI is InChI=1S/C46H28N2OS/c1-2-11-29(12-3-1)30-23-25-31(26-24-30)32-13-8-16-35(27-32)46-47-42(44-43(48-46)39-18-4-6-21-40(39)49-44)34-15-9-14-33(28-34)36-19-10-20-38-37-17-5-7-22-41(37)50-45(36)38/h1-28H/i1D,2D,3D,8D,11D,12D,13D,16D,23D,24D,25D,26D,27D. The maximum absolute atomic E-state index is 9.53. The summed E-state index contributed by atoms with van der Waals surface area (Å²) in [6.07, 6.45) is 0. The summed E-state index contributed by atoms with van der Waals surface area (Å²) in [7, 11) is 0. The van der Waals surface area contributed by atoms with E-state index in [4.69, 9.17) is 30.8 Å². The number of benzene rings is 7. The van der Waals surface area contributed by atoms with Crippen LogP contribution in [0.5, 0.6) is 0 Å². The number of furan rings is 1. The third-order valence-electron chi connectivity index (χ3n) is 8.54. The molecule has 4 heteroatoms. The molecule has 0 aliphatic heterocycles. The Balaban J connectivity index is 1.21. The number of para-hydroxylation sites is 1. The van der Waals surface area contributed by atoms with Crippen LogP contribution in [0.25, 0.3) is 98.3 Å². The topological polar surface area (TPSA) is 38.9 Å². The number of thiophene rings is 1. The number of fused-ring (bicyclic) bond motifs is 6. The Bertz CT molecular complexity index is 3580. The molecule has 7 aromatic carbocycles. The molecule has 3 aromatic heterocycles. The molecule has 0 aliphatic carbocycles. The fourth-order valence-electron chi connectivity index (χ4n) is 6.22. The van der Waals surface area contributed by atoms with Crippen LogP contribution in [0.15, 0.2) is 174 Å². The van der Waals surface area contributed by atoms with E-state index in [1.807, 2.05) is 54.6 Å². The first-order chi connectivity index (χ1) is 30.2. The molecule has 0 fully saturated rings. The summed E-state index contributed by atoms with van der Waals surface area (Å²) >= 11 is 1.69. The van der Waals surface area contributed by atoms with Crippen molar-refractivity contribution in [1.29, 1.82) is 0 Å². The van der Waals surface area contributed by atoms with Crippen LogP contribution in [-0.4, -0.2) is 9.97 Å². The Morgan fingerprint density at radius 2 is 1.20 bits per heavy atom. The highest BCUT2D eigenvalue weighted by Crippen LogP contribution is 2.42. The van der Waals surface area contributed by atoms with E-state index in [-0.39, 0.29) is 11.4 Å². The van der Waals surface area contributed by atoms with Crippen LogP contribution in [0.3, 0.4) is 0 Å². The number of aromatic nitrogens is 2. The Morgan fingerprint density at radius 1 is 0.520 bits per heavy atom. The van der Waals surface area contributed by atoms with Crippen LogP contribution in [0.2, 0.25) is 0 Å². The maximum Gasteiger partial charge on any atom is 0.180 e. The largest absolute Gasteiger partial charge is 0.452 e. The van der Waals surface area contributed by atoms with Crippen LogP contribution >= 0.6 is 11.3 Å². The summed E-state index contributed by atoms with van der Waals surface area (Å²) in [5, 5.41) is 2.88. The van der Waals surface area contributed by atoms with Crippen molar-refractivity contribution in [1.82, 2.24) is 9.97 Å². The quantitative estimate of drug-likeness (QED) is 0.183.